The molecule has 4 rings (SSSR count). The zero-order chi connectivity index (χ0) is 24.7. The van der Waals surface area contributed by atoms with E-state index in [0.717, 1.165) is 11.1 Å². The summed E-state index contributed by atoms with van der Waals surface area (Å²) in [5.74, 6) is -1.56. The first-order valence-corrected chi connectivity index (χ1v) is 11.7. The van der Waals surface area contributed by atoms with E-state index >= 15 is 0 Å². The van der Waals surface area contributed by atoms with Gasteiger partial charge in [-0.3, -0.25) is 0 Å². The van der Waals surface area contributed by atoms with Crippen molar-refractivity contribution in [2.24, 2.45) is 0 Å². The monoisotopic (exact) mass is 476 g/mol. The number of carboxylic acid groups (broad SMARTS) is 1. The number of pyridine rings is 1. The molecule has 0 spiro atoms. The molecular formula is C28H29ClN2O3. The van der Waals surface area contributed by atoms with E-state index in [1.807, 2.05) is 42.5 Å². The zero-order valence-electron chi connectivity index (χ0n) is 19.6. The summed E-state index contributed by atoms with van der Waals surface area (Å²) >= 11 is 5.93. The van der Waals surface area contributed by atoms with Crippen molar-refractivity contribution in [1.29, 1.82) is 0 Å². The van der Waals surface area contributed by atoms with Crippen LogP contribution in [0.25, 0.3) is 33.3 Å². The molecule has 2 N–H and O–H groups in total. The lowest BCUT2D eigenvalue weighted by Gasteiger charge is -2.13. The smallest absolute Gasteiger partial charge is 0.340 e. The number of hydrogen-bond acceptors (Lipinski definition) is 4. The van der Waals surface area contributed by atoms with Crippen molar-refractivity contribution < 1.29 is 15.0 Å². The number of aromatic hydroxyl groups is 1. The Bertz CT molecular complexity index is 1250. The summed E-state index contributed by atoms with van der Waals surface area (Å²) in [6.45, 7) is 10.1. The quantitative estimate of drug-likeness (QED) is 0.314. The summed E-state index contributed by atoms with van der Waals surface area (Å²) in [5.41, 5.74) is 3.05. The zero-order valence-corrected chi connectivity index (χ0v) is 20.4. The average Bonchev–Trinajstić information content (AvgIpc) is 2.86. The summed E-state index contributed by atoms with van der Waals surface area (Å²) in [6.07, 6.45) is 0. The van der Waals surface area contributed by atoms with E-state index < -0.39 is 5.97 Å². The van der Waals surface area contributed by atoms with Gasteiger partial charge in [-0.05, 0) is 49.0 Å². The largest absolute Gasteiger partial charge is 0.505 e. The molecule has 0 aliphatic rings. The van der Waals surface area contributed by atoms with Crippen LogP contribution in [0.5, 0.6) is 5.75 Å². The van der Waals surface area contributed by atoms with E-state index in [9.17, 15) is 15.0 Å². The summed E-state index contributed by atoms with van der Waals surface area (Å²) in [6, 6.07) is 21.8. The van der Waals surface area contributed by atoms with Crippen molar-refractivity contribution in [1.82, 2.24) is 9.88 Å². The van der Waals surface area contributed by atoms with Gasteiger partial charge < -0.3 is 15.1 Å². The Labute approximate surface area is 205 Å². The highest BCUT2D eigenvalue weighted by Gasteiger charge is 2.21. The third kappa shape index (κ3) is 5.74. The summed E-state index contributed by atoms with van der Waals surface area (Å²) in [7, 11) is 0. The fourth-order valence-corrected chi connectivity index (χ4v) is 3.89. The SMILES string of the molecule is CCN(CC)CC.O=C(O)c1c(O)c(-c2ccc(Cl)cc2)nc2cc(-c3ccccc3)ccc12. The number of aromatic carboxylic acids is 1. The predicted octanol–water partition coefficient (Wildman–Crippen LogP) is 6.97. The van der Waals surface area contributed by atoms with E-state index in [1.165, 1.54) is 19.6 Å². The first kappa shape index (κ1) is 25.2. The molecule has 1 aromatic heterocycles. The molecule has 176 valence electrons. The fourth-order valence-electron chi connectivity index (χ4n) is 3.76. The van der Waals surface area contributed by atoms with Gasteiger partial charge in [-0.25, -0.2) is 9.78 Å². The first-order valence-electron chi connectivity index (χ1n) is 11.3. The van der Waals surface area contributed by atoms with Crippen molar-refractivity contribution in [3.63, 3.8) is 0 Å². The van der Waals surface area contributed by atoms with E-state index in [1.54, 1.807) is 30.3 Å². The molecule has 0 unspecified atom stereocenters. The van der Waals surface area contributed by atoms with Crippen molar-refractivity contribution in [2.45, 2.75) is 20.8 Å². The van der Waals surface area contributed by atoms with Crippen LogP contribution >= 0.6 is 11.6 Å². The van der Waals surface area contributed by atoms with Crippen molar-refractivity contribution in [3.8, 4) is 28.1 Å². The van der Waals surface area contributed by atoms with Crippen LogP contribution in [0.4, 0.5) is 0 Å². The Morgan fingerprint density at radius 2 is 1.44 bits per heavy atom. The molecule has 0 fully saturated rings. The fraction of sp³-hybridized carbons (Fsp3) is 0.214. The van der Waals surface area contributed by atoms with Gasteiger partial charge in [-0.1, -0.05) is 87.0 Å². The van der Waals surface area contributed by atoms with E-state index in [2.05, 4.69) is 30.7 Å². The number of nitrogens with zero attached hydrogens (tertiary/aromatic N) is 2. The Morgan fingerprint density at radius 1 is 0.853 bits per heavy atom. The molecule has 0 amide bonds. The Kier molecular flexibility index (Phi) is 8.63. The Hall–Kier alpha value is -3.41. The maximum Gasteiger partial charge on any atom is 0.340 e. The normalized spacial score (nSPS) is 10.7. The average molecular weight is 477 g/mol. The molecule has 0 aliphatic carbocycles. The Balaban J connectivity index is 0.000000406. The van der Waals surface area contributed by atoms with Crippen molar-refractivity contribution in [2.75, 3.05) is 19.6 Å². The van der Waals surface area contributed by atoms with Gasteiger partial charge in [0.25, 0.3) is 0 Å². The lowest BCUT2D eigenvalue weighted by atomic mass is 9.99. The summed E-state index contributed by atoms with van der Waals surface area (Å²) in [4.78, 5) is 18.7. The number of hydrogen-bond donors (Lipinski definition) is 2. The topological polar surface area (TPSA) is 73.7 Å². The molecule has 4 aromatic rings. The molecule has 0 saturated heterocycles. The van der Waals surface area contributed by atoms with Gasteiger partial charge in [0.2, 0.25) is 0 Å². The molecule has 0 atom stereocenters. The minimum atomic E-state index is -1.21. The second kappa shape index (κ2) is 11.6. The number of carboxylic acids is 1. The molecule has 5 nitrogen and oxygen atoms in total. The minimum Gasteiger partial charge on any atom is -0.505 e. The summed E-state index contributed by atoms with van der Waals surface area (Å²) < 4.78 is 0. The second-order valence-corrected chi connectivity index (χ2v) is 8.15. The first-order chi connectivity index (χ1) is 16.4. The van der Waals surface area contributed by atoms with E-state index in [0.29, 0.717) is 21.5 Å². The minimum absolute atomic E-state index is 0.162. The lowest BCUT2D eigenvalue weighted by molar-refractivity contribution is 0.0696. The second-order valence-electron chi connectivity index (χ2n) is 7.71. The predicted molar refractivity (Wildman–Crippen MR) is 140 cm³/mol. The van der Waals surface area contributed by atoms with Gasteiger partial charge in [0.1, 0.15) is 11.3 Å². The molecule has 0 aliphatic heterocycles. The number of fused-ring (bicyclic) bond motifs is 1. The number of carbonyl (C=O) groups is 1. The van der Waals surface area contributed by atoms with Gasteiger partial charge in [0.05, 0.1) is 5.52 Å². The highest BCUT2D eigenvalue weighted by molar-refractivity contribution is 6.30. The molecular weight excluding hydrogens is 448 g/mol. The highest BCUT2D eigenvalue weighted by atomic mass is 35.5. The van der Waals surface area contributed by atoms with Crippen LogP contribution in [0.1, 0.15) is 31.1 Å². The van der Waals surface area contributed by atoms with Crippen LogP contribution in [0, 0.1) is 0 Å². The van der Waals surface area contributed by atoms with Crippen LogP contribution in [0.3, 0.4) is 0 Å². The number of halogens is 1. The lowest BCUT2D eigenvalue weighted by Crippen LogP contribution is -2.21. The van der Waals surface area contributed by atoms with Gasteiger partial charge in [-0.15, -0.1) is 0 Å². The molecule has 0 radical (unpaired) electrons. The number of aromatic nitrogens is 1. The van der Waals surface area contributed by atoms with Gasteiger partial charge in [0, 0.05) is 16.0 Å². The standard InChI is InChI=1S/C22H14ClNO3.C6H15N/c23-16-9-6-14(7-10-16)20-21(25)19(22(26)27)17-11-8-15(12-18(17)24-20)13-4-2-1-3-5-13;1-4-7(5-2)6-3/h1-12,25H,(H,26,27);4-6H2,1-3H3. The third-order valence-corrected chi connectivity index (χ3v) is 5.99. The van der Waals surface area contributed by atoms with Crippen molar-refractivity contribution in [3.05, 3.63) is 83.4 Å². The Morgan fingerprint density at radius 3 is 1.97 bits per heavy atom. The van der Waals surface area contributed by atoms with Crippen LogP contribution in [-0.4, -0.2) is 45.7 Å². The van der Waals surface area contributed by atoms with Crippen LogP contribution in [0.15, 0.2) is 72.8 Å². The molecule has 3 aromatic carbocycles. The van der Waals surface area contributed by atoms with Crippen LogP contribution in [-0.2, 0) is 0 Å². The molecule has 34 heavy (non-hydrogen) atoms. The molecule has 6 heteroatoms. The summed E-state index contributed by atoms with van der Waals surface area (Å²) in [5, 5.41) is 21.2. The number of rotatable bonds is 6. The maximum atomic E-state index is 11.8. The van der Waals surface area contributed by atoms with Crippen LogP contribution in [0.2, 0.25) is 5.02 Å². The van der Waals surface area contributed by atoms with Gasteiger partial charge >= 0.3 is 5.97 Å². The van der Waals surface area contributed by atoms with Crippen molar-refractivity contribution >= 4 is 28.5 Å². The van der Waals surface area contributed by atoms with Gasteiger partial charge in [-0.2, -0.15) is 0 Å². The van der Waals surface area contributed by atoms with Crippen LogP contribution < -0.4 is 0 Å². The number of benzene rings is 3. The molecule has 0 saturated carbocycles. The van der Waals surface area contributed by atoms with E-state index in [4.69, 9.17) is 11.6 Å². The highest BCUT2D eigenvalue weighted by Crippen LogP contribution is 2.37. The molecule has 1 heterocycles. The molecule has 0 bridgehead atoms. The van der Waals surface area contributed by atoms with E-state index in [-0.39, 0.29) is 17.0 Å². The maximum absolute atomic E-state index is 11.8. The van der Waals surface area contributed by atoms with Gasteiger partial charge in [0.15, 0.2) is 5.75 Å². The third-order valence-electron chi connectivity index (χ3n) is 5.74.